The molecule has 6 nitrogen and oxygen atoms in total. The molecule has 130 valence electrons. The number of nitrogens with zero attached hydrogens (tertiary/aromatic N) is 6. The van der Waals surface area contributed by atoms with Gasteiger partial charge in [-0.3, -0.25) is 0 Å². The van der Waals surface area contributed by atoms with Gasteiger partial charge in [-0.25, -0.2) is 0 Å². The van der Waals surface area contributed by atoms with Gasteiger partial charge in [-0.15, -0.1) is 9.50 Å². The van der Waals surface area contributed by atoms with Crippen LogP contribution in [-0.4, -0.2) is 24.7 Å². The van der Waals surface area contributed by atoms with Crippen molar-refractivity contribution in [3.8, 4) is 22.5 Å². The first kappa shape index (κ1) is 15.6. The Balaban J connectivity index is 1.90. The van der Waals surface area contributed by atoms with Crippen molar-refractivity contribution in [2.45, 2.75) is 13.8 Å². The van der Waals surface area contributed by atoms with Gasteiger partial charge in [0.15, 0.2) is 5.69 Å². The van der Waals surface area contributed by atoms with Gasteiger partial charge in [-0.05, 0) is 23.6 Å². The predicted octanol–water partition coefficient (Wildman–Crippen LogP) is 3.21. The number of aryl methyl sites for hydroxylation is 2. The minimum atomic E-state index is 0.523. The zero-order chi connectivity index (χ0) is 18.4. The third kappa shape index (κ3) is 2.54. The first-order valence-corrected chi connectivity index (χ1v) is 8.78. The second-order valence-electron chi connectivity index (χ2n) is 6.49. The van der Waals surface area contributed by atoms with Gasteiger partial charge in [0.05, 0.1) is 5.69 Å². The fourth-order valence-electron chi connectivity index (χ4n) is 3.33. The molecule has 0 atom stereocenters. The first-order chi connectivity index (χ1) is 13.2. The molecule has 2 aromatic carbocycles. The number of rotatable bonds is 2. The molecule has 6 heteroatoms. The van der Waals surface area contributed by atoms with E-state index in [-0.39, 0.29) is 0 Å². The second-order valence-corrected chi connectivity index (χ2v) is 6.49. The lowest BCUT2D eigenvalue weighted by atomic mass is 10.0. The minimum Gasteiger partial charge on any atom is -0.193 e. The van der Waals surface area contributed by atoms with Crippen LogP contribution in [0.2, 0.25) is 0 Å². The molecule has 3 heterocycles. The first-order valence-electron chi connectivity index (χ1n) is 8.78. The van der Waals surface area contributed by atoms with Gasteiger partial charge in [0.25, 0.3) is 0 Å². The van der Waals surface area contributed by atoms with Gasteiger partial charge in [0.1, 0.15) is 11.4 Å². The fourth-order valence-corrected chi connectivity index (χ4v) is 3.33. The molecule has 0 saturated heterocycles. The average molecular weight is 353 g/mol. The number of hydrogen-bond donors (Lipinski definition) is 0. The van der Waals surface area contributed by atoms with Crippen LogP contribution in [0.15, 0.2) is 66.7 Å². The Labute approximate surface area is 155 Å². The standard InChI is InChI=1S/C21H17N6/c1-14-13-15(2)26-20(22-14)24-21-23-18(16-9-5-3-6-10-16)19(25-27(21)26)17-11-7-4-8-12-17/h3-13H,1-2H3/q+1. The third-order valence-corrected chi connectivity index (χ3v) is 4.51. The average Bonchev–Trinajstić information content (AvgIpc) is 3.05. The van der Waals surface area contributed by atoms with Crippen molar-refractivity contribution in [1.29, 1.82) is 0 Å². The van der Waals surface area contributed by atoms with E-state index < -0.39 is 0 Å². The maximum atomic E-state index is 4.92. The van der Waals surface area contributed by atoms with Gasteiger partial charge in [-0.2, -0.15) is 4.98 Å². The van der Waals surface area contributed by atoms with E-state index in [0.717, 1.165) is 33.9 Å². The van der Waals surface area contributed by atoms with Crippen LogP contribution in [0.5, 0.6) is 0 Å². The maximum absolute atomic E-state index is 4.92. The molecule has 3 aromatic heterocycles. The summed E-state index contributed by atoms with van der Waals surface area (Å²) in [5.41, 5.74) is 5.55. The zero-order valence-corrected chi connectivity index (χ0v) is 15.0. The molecule has 0 radical (unpaired) electrons. The van der Waals surface area contributed by atoms with Crippen molar-refractivity contribution in [3.63, 3.8) is 0 Å². The Morgan fingerprint density at radius 3 is 2.04 bits per heavy atom. The number of benzene rings is 2. The summed E-state index contributed by atoms with van der Waals surface area (Å²) >= 11 is 0. The van der Waals surface area contributed by atoms with Gasteiger partial charge < -0.3 is 0 Å². The van der Waals surface area contributed by atoms with Crippen LogP contribution in [0.25, 0.3) is 34.1 Å². The van der Waals surface area contributed by atoms with E-state index in [1.165, 1.54) is 0 Å². The van der Waals surface area contributed by atoms with Crippen LogP contribution in [-0.2, 0) is 0 Å². The van der Waals surface area contributed by atoms with E-state index >= 15 is 0 Å². The van der Waals surface area contributed by atoms with Gasteiger partial charge in [-0.1, -0.05) is 65.6 Å². The SMILES string of the molecule is Cc1cc(C)[n+]2c(n1)nc1nc(-c3ccccc3)c(-c3ccccc3)nn12. The topological polar surface area (TPSA) is 60.1 Å². The largest absolute Gasteiger partial charge is 0.410 e. The van der Waals surface area contributed by atoms with Gasteiger partial charge in [0, 0.05) is 17.2 Å². The van der Waals surface area contributed by atoms with Crippen molar-refractivity contribution in [2.75, 3.05) is 0 Å². The van der Waals surface area contributed by atoms with E-state index in [2.05, 4.69) is 9.97 Å². The summed E-state index contributed by atoms with van der Waals surface area (Å²) in [6, 6.07) is 22.2. The molecule has 0 N–H and O–H groups in total. The lowest BCUT2D eigenvalue weighted by Gasteiger charge is -2.06. The van der Waals surface area contributed by atoms with Crippen molar-refractivity contribution >= 4 is 11.6 Å². The fraction of sp³-hybridized carbons (Fsp3) is 0.0952. The zero-order valence-electron chi connectivity index (χ0n) is 15.0. The third-order valence-electron chi connectivity index (χ3n) is 4.51. The van der Waals surface area contributed by atoms with E-state index in [0.29, 0.717) is 11.6 Å². The summed E-state index contributed by atoms with van der Waals surface area (Å²) < 4.78 is 3.61. The van der Waals surface area contributed by atoms with Crippen molar-refractivity contribution < 1.29 is 4.52 Å². The summed E-state index contributed by atoms with van der Waals surface area (Å²) in [7, 11) is 0. The molecule has 5 rings (SSSR count). The van der Waals surface area contributed by atoms with Crippen LogP contribution in [0.3, 0.4) is 0 Å². The Kier molecular flexibility index (Phi) is 3.43. The second kappa shape index (κ2) is 5.95. The molecule has 0 fully saturated rings. The molecule has 0 unspecified atom stereocenters. The Bertz CT molecular complexity index is 1280. The van der Waals surface area contributed by atoms with E-state index in [4.69, 9.17) is 10.1 Å². The van der Waals surface area contributed by atoms with Gasteiger partial charge in [0.2, 0.25) is 0 Å². The summed E-state index contributed by atoms with van der Waals surface area (Å²) in [5, 5.41) is 4.92. The van der Waals surface area contributed by atoms with Crippen LogP contribution < -0.4 is 4.52 Å². The van der Waals surface area contributed by atoms with Crippen molar-refractivity contribution in [3.05, 3.63) is 78.1 Å². The molecule has 27 heavy (non-hydrogen) atoms. The van der Waals surface area contributed by atoms with Crippen LogP contribution in [0, 0.1) is 13.8 Å². The highest BCUT2D eigenvalue weighted by Crippen LogP contribution is 2.28. The quantitative estimate of drug-likeness (QED) is 0.457. The molecule has 0 bridgehead atoms. The van der Waals surface area contributed by atoms with E-state index in [1.54, 1.807) is 4.63 Å². The van der Waals surface area contributed by atoms with Crippen LogP contribution in [0.4, 0.5) is 0 Å². The molecular weight excluding hydrogens is 336 g/mol. The van der Waals surface area contributed by atoms with Crippen molar-refractivity contribution in [2.24, 2.45) is 0 Å². The Hall–Kier alpha value is -3.67. The normalized spacial score (nSPS) is 11.3. The molecule has 0 aliphatic heterocycles. The highest BCUT2D eigenvalue weighted by molar-refractivity contribution is 5.78. The highest BCUT2D eigenvalue weighted by Gasteiger charge is 2.23. The maximum Gasteiger partial charge on any atom is 0.410 e. The minimum absolute atomic E-state index is 0.523. The summed E-state index contributed by atoms with van der Waals surface area (Å²) in [4.78, 5) is 14.0. The summed E-state index contributed by atoms with van der Waals surface area (Å²) in [5.74, 6) is 1.12. The van der Waals surface area contributed by atoms with Crippen LogP contribution >= 0.6 is 0 Å². The molecular formula is C21H17N6+. The monoisotopic (exact) mass is 353 g/mol. The van der Waals surface area contributed by atoms with Crippen molar-refractivity contribution in [1.82, 2.24) is 24.7 Å². The summed E-state index contributed by atoms with van der Waals surface area (Å²) in [6.45, 7) is 3.98. The number of aromatic nitrogens is 6. The van der Waals surface area contributed by atoms with Gasteiger partial charge >= 0.3 is 11.6 Å². The molecule has 0 amide bonds. The number of hydrogen-bond acceptors (Lipinski definition) is 4. The van der Waals surface area contributed by atoms with E-state index in [9.17, 15) is 0 Å². The molecule has 0 aliphatic carbocycles. The lowest BCUT2D eigenvalue weighted by Crippen LogP contribution is -2.34. The van der Waals surface area contributed by atoms with Crippen LogP contribution in [0.1, 0.15) is 11.4 Å². The summed E-state index contributed by atoms with van der Waals surface area (Å²) in [6.07, 6.45) is 0. The number of fused-ring (bicyclic) bond motifs is 3. The molecule has 0 aliphatic rings. The smallest absolute Gasteiger partial charge is 0.193 e. The Morgan fingerprint density at radius 1 is 0.741 bits per heavy atom. The highest BCUT2D eigenvalue weighted by atomic mass is 15.5. The predicted molar refractivity (Wildman–Crippen MR) is 102 cm³/mol. The lowest BCUT2D eigenvalue weighted by molar-refractivity contribution is -0.606. The Morgan fingerprint density at radius 2 is 1.37 bits per heavy atom. The molecule has 5 aromatic rings. The molecule has 0 saturated carbocycles. The molecule has 0 spiro atoms. The van der Waals surface area contributed by atoms with E-state index in [1.807, 2.05) is 85.1 Å².